The fourth-order valence-corrected chi connectivity index (χ4v) is 16.2. The van der Waals surface area contributed by atoms with E-state index in [2.05, 4.69) is 57.7 Å². The Hall–Kier alpha value is -1.02. The molecule has 0 aromatic carbocycles. The molecule has 8 fully saturated rings. The largest absolute Gasteiger partial charge is 0.374 e. The van der Waals surface area contributed by atoms with E-state index < -0.39 is 0 Å². The van der Waals surface area contributed by atoms with Crippen molar-refractivity contribution in [2.45, 2.75) is 216 Å². The average molecular weight is 781 g/mol. The lowest BCUT2D eigenvalue weighted by Gasteiger charge is -2.51. The predicted octanol–water partition coefficient (Wildman–Crippen LogP) is 9.92. The zero-order valence-corrected chi connectivity index (χ0v) is 35.5. The Bertz CT molecular complexity index is 1440. The molecule has 19 atom stereocenters. The summed E-state index contributed by atoms with van der Waals surface area (Å²) in [7, 11) is 0. The average Bonchev–Trinajstić information content (AvgIpc) is 3.85. The van der Waals surface area contributed by atoms with E-state index in [0.717, 1.165) is 35.5 Å². The van der Waals surface area contributed by atoms with Gasteiger partial charge in [0.1, 0.15) is 0 Å². The molecule has 316 valence electrons. The van der Waals surface area contributed by atoms with Crippen molar-refractivity contribution < 1.29 is 9.47 Å². The summed E-state index contributed by atoms with van der Waals surface area (Å²) in [6.07, 6.45) is 52.1. The molecule has 3 saturated heterocycles. The van der Waals surface area contributed by atoms with Gasteiger partial charge in [-0.2, -0.15) is 0 Å². The maximum Gasteiger partial charge on any atom is 0.0791 e. The normalized spacial score (nSPS) is 51.5. The zero-order valence-electron chi connectivity index (χ0n) is 35.5. The van der Waals surface area contributed by atoms with Crippen molar-refractivity contribution >= 4 is 0 Å². The van der Waals surface area contributed by atoms with Crippen molar-refractivity contribution in [3.63, 3.8) is 0 Å². The van der Waals surface area contributed by atoms with E-state index in [1.807, 2.05) is 0 Å². The molecule has 57 heavy (non-hydrogen) atoms. The second-order valence-corrected chi connectivity index (χ2v) is 22.0. The molecule has 11 aliphatic rings. The molecule has 8 aliphatic carbocycles. The van der Waals surface area contributed by atoms with E-state index in [-0.39, 0.29) is 0 Å². The third-order valence-corrected chi connectivity index (χ3v) is 19.0. The lowest BCUT2D eigenvalue weighted by Crippen LogP contribution is -2.73. The van der Waals surface area contributed by atoms with Crippen LogP contribution >= 0.6 is 0 Å². The van der Waals surface area contributed by atoms with Crippen LogP contribution in [0.25, 0.3) is 0 Å². The number of rotatable bonds is 7. The molecule has 19 unspecified atom stereocenters. The molecule has 6 nitrogen and oxygen atoms in total. The van der Waals surface area contributed by atoms with E-state index >= 15 is 0 Å². The van der Waals surface area contributed by atoms with E-state index in [0.29, 0.717) is 84.6 Å². The summed E-state index contributed by atoms with van der Waals surface area (Å²) in [6, 6.07) is 1.25. The minimum Gasteiger partial charge on any atom is -0.374 e. The number of ether oxygens (including phenoxy) is 2. The molecule has 0 bridgehead atoms. The van der Waals surface area contributed by atoms with Crippen molar-refractivity contribution in [1.82, 2.24) is 21.3 Å². The Morgan fingerprint density at radius 2 is 1.19 bits per heavy atom. The summed E-state index contributed by atoms with van der Waals surface area (Å²) >= 11 is 0. The van der Waals surface area contributed by atoms with Gasteiger partial charge < -0.3 is 14.8 Å². The molecule has 0 spiro atoms. The number of fused-ring (bicyclic) bond motifs is 6. The highest BCUT2D eigenvalue weighted by atomic mass is 16.5. The predicted molar refractivity (Wildman–Crippen MR) is 230 cm³/mol. The molecule has 5 saturated carbocycles. The van der Waals surface area contributed by atoms with Crippen LogP contribution in [0.5, 0.6) is 0 Å². The van der Waals surface area contributed by atoms with Gasteiger partial charge in [0, 0.05) is 23.9 Å². The molecule has 0 aromatic rings. The molecule has 3 heterocycles. The molecular formula is C51H80N4O2. The van der Waals surface area contributed by atoms with Crippen LogP contribution in [-0.4, -0.2) is 55.0 Å². The van der Waals surface area contributed by atoms with Crippen LogP contribution in [0.1, 0.15) is 161 Å². The molecule has 6 heteroatoms. The fourth-order valence-electron chi connectivity index (χ4n) is 16.2. The smallest absolute Gasteiger partial charge is 0.0791 e. The van der Waals surface area contributed by atoms with Gasteiger partial charge in [-0.3, -0.25) is 16.0 Å². The van der Waals surface area contributed by atoms with Crippen molar-refractivity contribution in [1.29, 1.82) is 0 Å². The molecule has 0 radical (unpaired) electrons. The van der Waals surface area contributed by atoms with Gasteiger partial charge in [-0.1, -0.05) is 101 Å². The van der Waals surface area contributed by atoms with E-state index in [9.17, 15) is 0 Å². The molecule has 11 rings (SSSR count). The number of nitrogens with one attached hydrogen (secondary N) is 4. The topological polar surface area (TPSA) is 66.6 Å². The Morgan fingerprint density at radius 3 is 2.09 bits per heavy atom. The van der Waals surface area contributed by atoms with Crippen LogP contribution in [0.3, 0.4) is 0 Å². The van der Waals surface area contributed by atoms with Gasteiger partial charge >= 0.3 is 0 Å². The minimum absolute atomic E-state index is 0.326. The third kappa shape index (κ3) is 7.99. The minimum atomic E-state index is 0.326. The maximum atomic E-state index is 7.50. The first-order valence-corrected chi connectivity index (χ1v) is 25.6. The highest BCUT2D eigenvalue weighted by Gasteiger charge is 2.54. The Labute approximate surface area is 346 Å². The fraction of sp³-hybridized carbons (Fsp3) is 0.882. The number of allylic oxidation sites excluding steroid dienone is 3. The monoisotopic (exact) mass is 781 g/mol. The van der Waals surface area contributed by atoms with Crippen LogP contribution in [0.15, 0.2) is 36.5 Å². The van der Waals surface area contributed by atoms with Gasteiger partial charge in [-0.25, -0.2) is 0 Å². The first kappa shape index (κ1) is 38.9. The van der Waals surface area contributed by atoms with E-state index in [4.69, 9.17) is 9.47 Å². The lowest BCUT2D eigenvalue weighted by molar-refractivity contribution is -0.0604. The van der Waals surface area contributed by atoms with Gasteiger partial charge in [0.15, 0.2) is 0 Å². The molecule has 0 amide bonds. The number of hydrogen-bond acceptors (Lipinski definition) is 6. The third-order valence-electron chi connectivity index (χ3n) is 19.0. The van der Waals surface area contributed by atoms with E-state index in [1.165, 1.54) is 161 Å². The van der Waals surface area contributed by atoms with Gasteiger partial charge in [-0.05, 0) is 150 Å². The van der Waals surface area contributed by atoms with Crippen LogP contribution in [0.4, 0.5) is 0 Å². The van der Waals surface area contributed by atoms with Gasteiger partial charge in [0.05, 0.1) is 42.9 Å². The van der Waals surface area contributed by atoms with E-state index in [1.54, 1.807) is 0 Å². The summed E-state index contributed by atoms with van der Waals surface area (Å²) in [5.74, 6) is 8.09. The Morgan fingerprint density at radius 1 is 0.439 bits per heavy atom. The van der Waals surface area contributed by atoms with Crippen LogP contribution < -0.4 is 21.3 Å². The number of hydrogen-bond donors (Lipinski definition) is 4. The van der Waals surface area contributed by atoms with Crippen LogP contribution in [-0.2, 0) is 9.47 Å². The Kier molecular flexibility index (Phi) is 11.9. The van der Waals surface area contributed by atoms with Crippen molar-refractivity contribution in [2.75, 3.05) is 0 Å². The standard InChI is InChI=1S/C51H80N4O2/c1-3-13-32(14-4-1)33-15-11-16-35(29-33)49-53-50(36-26-28-40-39-20-8-10-24-45(39)56-46(40)31-36)55-51(54-49)43-22-12-21-42-41-27-25-34(30-47(41)57-48(42)43)38-19-7-9-23-44(38)52-37-17-5-2-6-18-37/h5,10,17,24-25,27,32-55H,1-4,6-9,11-16,18-23,26,28-31H2. The maximum absolute atomic E-state index is 7.50. The molecule has 0 aromatic heterocycles. The summed E-state index contributed by atoms with van der Waals surface area (Å²) in [6.45, 7) is 0. The summed E-state index contributed by atoms with van der Waals surface area (Å²) in [5.41, 5.74) is 0. The molecule has 3 aliphatic heterocycles. The van der Waals surface area contributed by atoms with Gasteiger partial charge in [0.25, 0.3) is 0 Å². The quantitative estimate of drug-likeness (QED) is 0.193. The highest BCUT2D eigenvalue weighted by molar-refractivity contribution is 5.14. The van der Waals surface area contributed by atoms with Crippen LogP contribution in [0, 0.1) is 65.1 Å². The lowest BCUT2D eigenvalue weighted by atomic mass is 9.67. The van der Waals surface area contributed by atoms with Crippen LogP contribution in [0.2, 0.25) is 0 Å². The SMILES string of the molecule is C1=CC(NC2CCCCC2C2C=CC3C(C2)OC2C(C4NC(C5CCCC(C6CCCCC6)C5)NC(C5CCC6C(C5)OC5C=CCCC56)N4)CCCC32)CCC1. The second-order valence-electron chi connectivity index (χ2n) is 22.0. The second kappa shape index (κ2) is 17.4. The van der Waals surface area contributed by atoms with Gasteiger partial charge in [0.2, 0.25) is 0 Å². The van der Waals surface area contributed by atoms with Gasteiger partial charge in [-0.15, -0.1) is 0 Å². The highest BCUT2D eigenvalue weighted by Crippen LogP contribution is 2.52. The first-order chi connectivity index (χ1) is 28.2. The zero-order chi connectivity index (χ0) is 37.7. The van der Waals surface area contributed by atoms with Crippen molar-refractivity contribution in [3.05, 3.63) is 36.5 Å². The molecular weight excluding hydrogens is 701 g/mol. The first-order valence-electron chi connectivity index (χ1n) is 25.6. The summed E-state index contributed by atoms with van der Waals surface area (Å²) < 4.78 is 14.4. The Balaban J connectivity index is 0.801. The molecule has 4 N–H and O–H groups in total. The van der Waals surface area contributed by atoms with Crippen molar-refractivity contribution in [2.24, 2.45) is 65.1 Å². The van der Waals surface area contributed by atoms with Crippen molar-refractivity contribution in [3.8, 4) is 0 Å². The summed E-state index contributed by atoms with van der Waals surface area (Å²) in [4.78, 5) is 0. The summed E-state index contributed by atoms with van der Waals surface area (Å²) in [5, 5.41) is 17.3.